The van der Waals surface area contributed by atoms with E-state index in [0.717, 1.165) is 11.3 Å². The molecule has 7 heteroatoms. The normalized spacial score (nSPS) is 13.0. The molecule has 6 nitrogen and oxygen atoms in total. The van der Waals surface area contributed by atoms with Crippen LogP contribution in [0.5, 0.6) is 6.01 Å². The van der Waals surface area contributed by atoms with E-state index in [0.29, 0.717) is 10.8 Å². The summed E-state index contributed by atoms with van der Waals surface area (Å²) in [6.07, 6.45) is 3.58. The number of nitrogens with zero attached hydrogens (tertiary/aromatic N) is 4. The molecule has 0 aliphatic carbocycles. The van der Waals surface area contributed by atoms with Gasteiger partial charge in [-0.15, -0.1) is 0 Å². The summed E-state index contributed by atoms with van der Waals surface area (Å²) in [6.45, 7) is 10.4. The fraction of sp³-hybridized carbons (Fsp3) is 0.533. The third-order valence-electron chi connectivity index (χ3n) is 3.35. The van der Waals surface area contributed by atoms with E-state index in [2.05, 4.69) is 47.4 Å². The Hall–Kier alpha value is -1.82. The number of anilines is 1. The van der Waals surface area contributed by atoms with Crippen LogP contribution in [0.4, 0.5) is 5.82 Å². The monoisotopic (exact) mass is 323 g/mol. The van der Waals surface area contributed by atoms with Crippen molar-refractivity contribution in [3.63, 3.8) is 0 Å². The van der Waals surface area contributed by atoms with Gasteiger partial charge in [0.2, 0.25) is 0 Å². The summed E-state index contributed by atoms with van der Waals surface area (Å²) in [4.78, 5) is 8.21. The predicted molar refractivity (Wildman–Crippen MR) is 87.6 cm³/mol. The van der Waals surface area contributed by atoms with E-state index in [9.17, 15) is 0 Å². The maximum absolute atomic E-state index is 6.14. The second-order valence-corrected chi connectivity index (χ2v) is 6.61. The van der Waals surface area contributed by atoms with Gasteiger partial charge in [0.05, 0.1) is 30.6 Å². The van der Waals surface area contributed by atoms with Gasteiger partial charge in [0.1, 0.15) is 5.02 Å². The molecule has 0 bridgehead atoms. The number of halogens is 1. The first-order chi connectivity index (χ1) is 10.2. The zero-order valence-corrected chi connectivity index (χ0v) is 14.6. The Kier molecular flexibility index (Phi) is 4.60. The third-order valence-corrected chi connectivity index (χ3v) is 3.63. The van der Waals surface area contributed by atoms with Crippen molar-refractivity contribution in [1.82, 2.24) is 19.7 Å². The molecule has 1 atom stereocenters. The second-order valence-electron chi connectivity index (χ2n) is 6.20. The van der Waals surface area contributed by atoms with Crippen molar-refractivity contribution in [1.29, 1.82) is 0 Å². The smallest absolute Gasteiger partial charge is 0.318 e. The molecule has 2 heterocycles. The Balaban J connectivity index is 2.26. The van der Waals surface area contributed by atoms with E-state index in [4.69, 9.17) is 16.3 Å². The van der Waals surface area contributed by atoms with Gasteiger partial charge in [0, 0.05) is 11.8 Å². The molecule has 2 rings (SSSR count). The molecule has 1 N–H and O–H groups in total. The highest BCUT2D eigenvalue weighted by atomic mass is 35.5. The highest BCUT2D eigenvalue weighted by molar-refractivity contribution is 6.32. The van der Waals surface area contributed by atoms with Gasteiger partial charge in [-0.3, -0.25) is 4.68 Å². The lowest BCUT2D eigenvalue weighted by Crippen LogP contribution is -2.22. The average Bonchev–Trinajstić information content (AvgIpc) is 2.83. The van der Waals surface area contributed by atoms with Crippen LogP contribution >= 0.6 is 11.6 Å². The van der Waals surface area contributed by atoms with Crippen LogP contribution < -0.4 is 10.1 Å². The molecular weight excluding hydrogens is 302 g/mol. The summed E-state index contributed by atoms with van der Waals surface area (Å²) in [5.41, 5.74) is 2.02. The van der Waals surface area contributed by atoms with Crippen molar-refractivity contribution in [3.8, 4) is 6.01 Å². The van der Waals surface area contributed by atoms with Crippen LogP contribution in [0.15, 0.2) is 12.4 Å². The van der Waals surface area contributed by atoms with Crippen LogP contribution in [0.3, 0.4) is 0 Å². The first-order valence-electron chi connectivity index (χ1n) is 7.12. The fourth-order valence-corrected chi connectivity index (χ4v) is 2.22. The van der Waals surface area contributed by atoms with E-state index in [1.165, 1.54) is 13.3 Å². The second kappa shape index (κ2) is 6.12. The number of hydrogen-bond donors (Lipinski definition) is 1. The lowest BCUT2D eigenvalue weighted by molar-refractivity contribution is 0.354. The fourth-order valence-electron chi connectivity index (χ4n) is 2.08. The maximum atomic E-state index is 6.14. The van der Waals surface area contributed by atoms with Gasteiger partial charge in [-0.05, 0) is 34.6 Å². The highest BCUT2D eigenvalue weighted by Gasteiger charge is 2.20. The maximum Gasteiger partial charge on any atom is 0.318 e. The molecule has 0 saturated carbocycles. The molecule has 0 aliphatic rings. The van der Waals surface area contributed by atoms with Gasteiger partial charge >= 0.3 is 6.01 Å². The number of rotatable bonds is 4. The van der Waals surface area contributed by atoms with E-state index >= 15 is 0 Å². The molecule has 0 amide bonds. The molecular formula is C15H22ClN5O. The molecule has 0 radical (unpaired) electrons. The van der Waals surface area contributed by atoms with Crippen LogP contribution in [-0.2, 0) is 5.54 Å². The summed E-state index contributed by atoms with van der Waals surface area (Å²) in [6, 6.07) is 0.286. The molecule has 0 saturated heterocycles. The third kappa shape index (κ3) is 3.50. The van der Waals surface area contributed by atoms with E-state index in [1.54, 1.807) is 0 Å². The van der Waals surface area contributed by atoms with Crippen LogP contribution in [-0.4, -0.2) is 26.9 Å². The molecule has 0 aromatic carbocycles. The number of aromatic nitrogens is 4. The topological polar surface area (TPSA) is 64.9 Å². The summed E-state index contributed by atoms with van der Waals surface area (Å²) >= 11 is 6.14. The van der Waals surface area contributed by atoms with Crippen LogP contribution in [0.2, 0.25) is 5.02 Å². The summed E-state index contributed by atoms with van der Waals surface area (Å²) in [5, 5.41) is 8.33. The van der Waals surface area contributed by atoms with E-state index < -0.39 is 0 Å². The number of methoxy groups -OCH3 is 1. The van der Waals surface area contributed by atoms with Crippen molar-refractivity contribution in [2.75, 3.05) is 12.4 Å². The minimum atomic E-state index is -0.0570. The number of aryl methyl sites for hydroxylation is 1. The predicted octanol–water partition coefficient (Wildman–Crippen LogP) is 3.57. The Morgan fingerprint density at radius 2 is 2.05 bits per heavy atom. The first kappa shape index (κ1) is 16.5. The molecule has 0 spiro atoms. The van der Waals surface area contributed by atoms with Crippen molar-refractivity contribution < 1.29 is 4.74 Å². The van der Waals surface area contributed by atoms with Gasteiger partial charge < -0.3 is 10.1 Å². The number of ether oxygens (including phenoxy) is 1. The summed E-state index contributed by atoms with van der Waals surface area (Å²) in [5.74, 6) is 0.545. The van der Waals surface area contributed by atoms with Crippen LogP contribution in [0.25, 0.3) is 0 Å². The molecule has 2 aromatic rings. The van der Waals surface area contributed by atoms with Gasteiger partial charge in [-0.2, -0.15) is 10.1 Å². The van der Waals surface area contributed by atoms with Crippen molar-refractivity contribution in [2.24, 2.45) is 0 Å². The minimum Gasteiger partial charge on any atom is -0.467 e. The standard InChI is InChI=1S/C15H22ClN5O/c1-9(11-8-21(15(3,4)5)20-10(11)2)18-13-12(16)7-17-14(19-13)22-6/h7-9H,1-6H3,(H,17,18,19). The number of nitrogens with one attached hydrogen (secondary N) is 1. The molecule has 2 aromatic heterocycles. The summed E-state index contributed by atoms with van der Waals surface area (Å²) < 4.78 is 7.00. The molecule has 22 heavy (non-hydrogen) atoms. The zero-order chi connectivity index (χ0) is 16.5. The van der Waals surface area contributed by atoms with Gasteiger partial charge in [-0.25, -0.2) is 4.98 Å². The lowest BCUT2D eigenvalue weighted by Gasteiger charge is -2.19. The van der Waals surface area contributed by atoms with Gasteiger partial charge in [-0.1, -0.05) is 11.6 Å². The SMILES string of the molecule is COc1ncc(Cl)c(NC(C)c2cn(C(C)(C)C)nc2C)n1. The van der Waals surface area contributed by atoms with E-state index in [-0.39, 0.29) is 17.6 Å². The lowest BCUT2D eigenvalue weighted by atomic mass is 10.1. The van der Waals surface area contributed by atoms with Crippen molar-refractivity contribution in [2.45, 2.75) is 46.2 Å². The quantitative estimate of drug-likeness (QED) is 0.931. The Morgan fingerprint density at radius 3 is 2.59 bits per heavy atom. The van der Waals surface area contributed by atoms with Gasteiger partial charge in [0.25, 0.3) is 0 Å². The van der Waals surface area contributed by atoms with Crippen LogP contribution in [0.1, 0.15) is 45.0 Å². The minimum absolute atomic E-state index is 0.00760. The van der Waals surface area contributed by atoms with Crippen molar-refractivity contribution in [3.05, 3.63) is 28.7 Å². The Morgan fingerprint density at radius 1 is 1.36 bits per heavy atom. The molecule has 1 unspecified atom stereocenters. The Labute approximate surface area is 135 Å². The van der Waals surface area contributed by atoms with E-state index in [1.807, 2.05) is 18.5 Å². The van der Waals surface area contributed by atoms with Crippen LogP contribution in [0, 0.1) is 6.92 Å². The Bertz CT molecular complexity index is 662. The first-order valence-corrected chi connectivity index (χ1v) is 7.50. The molecule has 120 valence electrons. The van der Waals surface area contributed by atoms with Crippen molar-refractivity contribution >= 4 is 17.4 Å². The highest BCUT2D eigenvalue weighted by Crippen LogP contribution is 2.27. The largest absolute Gasteiger partial charge is 0.467 e. The average molecular weight is 324 g/mol. The van der Waals surface area contributed by atoms with Gasteiger partial charge in [0.15, 0.2) is 5.82 Å². The molecule has 0 fully saturated rings. The zero-order valence-electron chi connectivity index (χ0n) is 13.8. The molecule has 0 aliphatic heterocycles. The number of hydrogen-bond acceptors (Lipinski definition) is 5. The summed E-state index contributed by atoms with van der Waals surface area (Å²) in [7, 11) is 1.52.